The topological polar surface area (TPSA) is 109 Å². The molecule has 2 unspecified atom stereocenters. The molecule has 0 amide bonds. The van der Waals surface area contributed by atoms with Crippen LogP contribution in [-0.2, 0) is 4.79 Å². The molecular formula is C28H32N4O4. The highest BCUT2D eigenvalue weighted by Crippen LogP contribution is 2.35. The molecule has 0 radical (unpaired) electrons. The number of likely N-dealkylation sites (tertiary alicyclic amines) is 1. The number of methoxy groups -OCH3 is 1. The number of aliphatic carboxylic acids is 1. The number of aromatic nitrogens is 3. The molecule has 8 nitrogen and oxygen atoms in total. The van der Waals surface area contributed by atoms with Gasteiger partial charge >= 0.3 is 5.97 Å². The number of aliphatic hydroxyl groups excluding tert-OH is 1. The zero-order valence-corrected chi connectivity index (χ0v) is 20.5. The van der Waals surface area contributed by atoms with Crippen molar-refractivity contribution in [1.29, 1.82) is 0 Å². The van der Waals surface area contributed by atoms with Gasteiger partial charge in [-0.1, -0.05) is 5.92 Å². The Hall–Kier alpha value is -3.54. The van der Waals surface area contributed by atoms with E-state index in [4.69, 9.17) is 4.74 Å². The number of carboxylic acids is 1. The second-order valence-electron chi connectivity index (χ2n) is 9.23. The number of carbonyl (C=O) groups is 1. The Morgan fingerprint density at radius 1 is 1.17 bits per heavy atom. The zero-order chi connectivity index (χ0) is 25.3. The van der Waals surface area contributed by atoms with E-state index >= 15 is 0 Å². The van der Waals surface area contributed by atoms with Gasteiger partial charge in [0.05, 0.1) is 25.3 Å². The Bertz CT molecular complexity index is 1220. The monoisotopic (exact) mass is 488 g/mol. The minimum Gasteiger partial charge on any atom is -0.497 e. The van der Waals surface area contributed by atoms with Crippen molar-refractivity contribution in [3.8, 4) is 17.6 Å². The molecule has 3 aromatic rings. The molecule has 0 aliphatic carbocycles. The fraction of sp³-hybridized carbons (Fsp3) is 0.429. The number of carboxylic acid groups (broad SMARTS) is 1. The van der Waals surface area contributed by atoms with Crippen molar-refractivity contribution in [2.75, 3.05) is 26.7 Å². The Balaban J connectivity index is 1.39. The number of ether oxygens (including phenoxy) is 1. The maximum Gasteiger partial charge on any atom is 0.303 e. The second-order valence-corrected chi connectivity index (χ2v) is 9.23. The van der Waals surface area contributed by atoms with Crippen LogP contribution in [0.25, 0.3) is 10.9 Å². The Labute approximate surface area is 211 Å². The summed E-state index contributed by atoms with van der Waals surface area (Å²) in [7, 11) is 1.62. The first-order valence-corrected chi connectivity index (χ1v) is 12.3. The molecule has 3 heterocycles. The normalized spacial score (nSPS) is 18.8. The minimum absolute atomic E-state index is 0.149. The fourth-order valence-corrected chi connectivity index (χ4v) is 5.00. The predicted octanol–water partition coefficient (Wildman–Crippen LogP) is 3.70. The average Bonchev–Trinajstić information content (AvgIpc) is 2.91. The van der Waals surface area contributed by atoms with Crippen LogP contribution in [0.1, 0.15) is 49.6 Å². The second kappa shape index (κ2) is 12.4. The summed E-state index contributed by atoms with van der Waals surface area (Å²) in [6.45, 7) is 2.29. The van der Waals surface area contributed by atoms with Gasteiger partial charge < -0.3 is 14.9 Å². The molecule has 188 valence electrons. The van der Waals surface area contributed by atoms with Crippen molar-refractivity contribution in [1.82, 2.24) is 19.9 Å². The maximum atomic E-state index is 11.3. The third-order valence-electron chi connectivity index (χ3n) is 6.93. The van der Waals surface area contributed by atoms with Crippen molar-refractivity contribution in [2.45, 2.75) is 38.2 Å². The lowest BCUT2D eigenvalue weighted by atomic mass is 9.79. The van der Waals surface area contributed by atoms with Gasteiger partial charge in [0.15, 0.2) is 0 Å². The van der Waals surface area contributed by atoms with Crippen LogP contribution >= 0.6 is 0 Å². The van der Waals surface area contributed by atoms with Crippen molar-refractivity contribution < 1.29 is 19.7 Å². The van der Waals surface area contributed by atoms with E-state index in [1.165, 1.54) is 0 Å². The van der Waals surface area contributed by atoms with Crippen LogP contribution in [0.4, 0.5) is 0 Å². The van der Waals surface area contributed by atoms with E-state index < -0.39 is 12.1 Å². The highest BCUT2D eigenvalue weighted by Gasteiger charge is 2.30. The Kier molecular flexibility index (Phi) is 8.82. The van der Waals surface area contributed by atoms with E-state index in [1.807, 2.05) is 24.3 Å². The summed E-state index contributed by atoms with van der Waals surface area (Å²) in [4.78, 5) is 26.2. The molecule has 0 bridgehead atoms. The summed E-state index contributed by atoms with van der Waals surface area (Å²) in [5.74, 6) is 7.19. The predicted molar refractivity (Wildman–Crippen MR) is 136 cm³/mol. The number of benzene rings is 1. The van der Waals surface area contributed by atoms with E-state index in [0.29, 0.717) is 31.1 Å². The number of rotatable bonds is 9. The highest BCUT2D eigenvalue weighted by atomic mass is 16.5. The smallest absolute Gasteiger partial charge is 0.303 e. The van der Waals surface area contributed by atoms with Gasteiger partial charge in [0.25, 0.3) is 0 Å². The van der Waals surface area contributed by atoms with E-state index in [0.717, 1.165) is 48.1 Å². The number of hydrogen-bond acceptors (Lipinski definition) is 7. The number of pyridine rings is 1. The standard InChI is InChI=1S/C28H32N4O4/c1-36-22-7-8-25-24(18-22)23(11-15-29-25)26(33)9-5-20-12-17-32(19-21(20)6-10-28(34)35)16-2-4-27-30-13-3-14-31-27/h3,7-8,11,13-15,18,20-21,26,33H,5-6,9-10,12,16-17,19H2,1H3,(H,34,35)/t20?,21?,26-/m0/s1. The lowest BCUT2D eigenvalue weighted by molar-refractivity contribution is -0.137. The van der Waals surface area contributed by atoms with Gasteiger partial charge in [0.1, 0.15) is 5.75 Å². The molecule has 1 aromatic carbocycles. The SMILES string of the molecule is COc1ccc2nccc([C@@H](O)CCC3CCN(CC#Cc4ncccn4)CC3CCC(=O)O)c2c1. The molecule has 1 saturated heterocycles. The van der Waals surface area contributed by atoms with Crippen molar-refractivity contribution in [3.05, 3.63) is 60.3 Å². The average molecular weight is 489 g/mol. The number of aliphatic hydroxyl groups is 1. The summed E-state index contributed by atoms with van der Waals surface area (Å²) in [5, 5.41) is 21.2. The van der Waals surface area contributed by atoms with E-state index in [9.17, 15) is 15.0 Å². The molecule has 0 spiro atoms. The molecule has 3 atom stereocenters. The number of piperidine rings is 1. The molecule has 8 heteroatoms. The van der Waals surface area contributed by atoms with Crippen LogP contribution in [0.2, 0.25) is 0 Å². The van der Waals surface area contributed by atoms with Gasteiger partial charge in [0.2, 0.25) is 5.82 Å². The number of hydrogen-bond donors (Lipinski definition) is 2. The van der Waals surface area contributed by atoms with Crippen LogP contribution in [0.15, 0.2) is 48.9 Å². The van der Waals surface area contributed by atoms with Crippen molar-refractivity contribution in [2.24, 2.45) is 11.8 Å². The van der Waals surface area contributed by atoms with Crippen LogP contribution in [0.5, 0.6) is 5.75 Å². The third-order valence-corrected chi connectivity index (χ3v) is 6.93. The largest absolute Gasteiger partial charge is 0.497 e. The molecule has 1 aliphatic rings. The van der Waals surface area contributed by atoms with Crippen LogP contribution in [0, 0.1) is 23.7 Å². The van der Waals surface area contributed by atoms with Gasteiger partial charge in [-0.2, -0.15) is 0 Å². The summed E-state index contributed by atoms with van der Waals surface area (Å²) >= 11 is 0. The summed E-state index contributed by atoms with van der Waals surface area (Å²) in [5.41, 5.74) is 1.67. The van der Waals surface area contributed by atoms with Gasteiger partial charge in [0, 0.05) is 36.9 Å². The summed E-state index contributed by atoms with van der Waals surface area (Å²) < 4.78 is 5.36. The Morgan fingerprint density at radius 2 is 2.00 bits per heavy atom. The molecule has 36 heavy (non-hydrogen) atoms. The molecule has 4 rings (SSSR count). The van der Waals surface area contributed by atoms with Crippen molar-refractivity contribution in [3.63, 3.8) is 0 Å². The molecule has 0 saturated carbocycles. The van der Waals surface area contributed by atoms with Gasteiger partial charge in [-0.3, -0.25) is 14.7 Å². The van der Waals surface area contributed by atoms with Crippen LogP contribution < -0.4 is 4.74 Å². The molecule has 2 N–H and O–H groups in total. The third kappa shape index (κ3) is 6.78. The van der Waals surface area contributed by atoms with Crippen LogP contribution in [0.3, 0.4) is 0 Å². The van der Waals surface area contributed by atoms with Crippen molar-refractivity contribution >= 4 is 16.9 Å². The number of fused-ring (bicyclic) bond motifs is 1. The van der Waals surface area contributed by atoms with Gasteiger partial charge in [-0.25, -0.2) is 9.97 Å². The number of nitrogens with zero attached hydrogens (tertiary/aromatic N) is 4. The maximum absolute atomic E-state index is 11.3. The molecule has 2 aromatic heterocycles. The minimum atomic E-state index is -0.774. The highest BCUT2D eigenvalue weighted by molar-refractivity contribution is 5.83. The fourth-order valence-electron chi connectivity index (χ4n) is 5.00. The van der Waals surface area contributed by atoms with E-state index in [1.54, 1.807) is 31.8 Å². The van der Waals surface area contributed by atoms with Gasteiger partial charge in [-0.05, 0) is 85.9 Å². The summed E-state index contributed by atoms with van der Waals surface area (Å²) in [6.07, 6.45) is 7.60. The first-order chi connectivity index (χ1) is 17.5. The molecule has 1 fully saturated rings. The summed E-state index contributed by atoms with van der Waals surface area (Å²) in [6, 6.07) is 9.30. The lowest BCUT2D eigenvalue weighted by Crippen LogP contribution is -2.41. The van der Waals surface area contributed by atoms with Gasteiger partial charge in [-0.15, -0.1) is 0 Å². The Morgan fingerprint density at radius 3 is 2.78 bits per heavy atom. The van der Waals surface area contributed by atoms with E-state index in [2.05, 4.69) is 31.7 Å². The first kappa shape index (κ1) is 25.5. The molecular weight excluding hydrogens is 456 g/mol. The quantitative estimate of drug-likeness (QED) is 0.439. The molecule has 1 aliphatic heterocycles. The van der Waals surface area contributed by atoms with E-state index in [-0.39, 0.29) is 12.3 Å². The first-order valence-electron chi connectivity index (χ1n) is 12.3. The zero-order valence-electron chi connectivity index (χ0n) is 20.5. The van der Waals surface area contributed by atoms with Crippen LogP contribution in [-0.4, -0.2) is 62.8 Å². The lowest BCUT2D eigenvalue weighted by Gasteiger charge is -2.38.